The van der Waals surface area contributed by atoms with E-state index in [1.807, 2.05) is 0 Å². The minimum Gasteiger partial charge on any atom is -0.347 e. The van der Waals surface area contributed by atoms with E-state index >= 15 is 0 Å². The van der Waals surface area contributed by atoms with Crippen LogP contribution in [0.1, 0.15) is 39.5 Å². The zero-order valence-corrected chi connectivity index (χ0v) is 10.8. The summed E-state index contributed by atoms with van der Waals surface area (Å²) >= 11 is 0. The molecule has 96 valence electrons. The van der Waals surface area contributed by atoms with Crippen LogP contribution in [0.3, 0.4) is 0 Å². The lowest BCUT2D eigenvalue weighted by Gasteiger charge is -2.11. The van der Waals surface area contributed by atoms with E-state index in [2.05, 4.69) is 17.6 Å². The molecule has 17 heavy (non-hydrogen) atoms. The van der Waals surface area contributed by atoms with Crippen LogP contribution in [0.2, 0.25) is 0 Å². The van der Waals surface area contributed by atoms with Gasteiger partial charge in [0, 0.05) is 6.42 Å². The number of unbranched alkanes of at least 4 members (excludes halogenated alkanes) is 2. The molecule has 0 radical (unpaired) electrons. The van der Waals surface area contributed by atoms with Crippen molar-refractivity contribution in [2.45, 2.75) is 45.6 Å². The maximum absolute atomic E-state index is 11.3. The molecule has 0 aromatic rings. The molecule has 0 aliphatic heterocycles. The van der Waals surface area contributed by atoms with Crippen molar-refractivity contribution in [1.82, 2.24) is 10.6 Å². The summed E-state index contributed by atoms with van der Waals surface area (Å²) in [5, 5.41) is 5.02. The Labute approximate surface area is 103 Å². The summed E-state index contributed by atoms with van der Waals surface area (Å²) in [6.45, 7) is 3.61. The summed E-state index contributed by atoms with van der Waals surface area (Å²) < 4.78 is 0. The molecule has 0 aliphatic rings. The highest BCUT2D eigenvalue weighted by molar-refractivity contribution is 6.59. The third-order valence-corrected chi connectivity index (χ3v) is 2.44. The van der Waals surface area contributed by atoms with Gasteiger partial charge in [0.05, 0.1) is 12.6 Å². The van der Waals surface area contributed by atoms with Gasteiger partial charge in [0.1, 0.15) is 5.68 Å². The van der Waals surface area contributed by atoms with Gasteiger partial charge in [0.25, 0.3) is 0 Å². The predicted octanol–water partition coefficient (Wildman–Crippen LogP) is -0.653. The van der Waals surface area contributed by atoms with Gasteiger partial charge in [-0.05, 0) is 13.3 Å². The van der Waals surface area contributed by atoms with E-state index < -0.39 is 6.04 Å². The number of carbonyl (C=O) groups is 3. The Morgan fingerprint density at radius 3 is 2.35 bits per heavy atom. The summed E-state index contributed by atoms with van der Waals surface area (Å²) in [5.41, 5.74) is -0.104. The van der Waals surface area contributed by atoms with Crippen LogP contribution in [-0.2, 0) is 14.4 Å². The van der Waals surface area contributed by atoms with Gasteiger partial charge in [-0.3, -0.25) is 9.59 Å². The largest absolute Gasteiger partial charge is 0.347 e. The number of hydrogen-bond acceptors (Lipinski definition) is 3. The van der Waals surface area contributed by atoms with E-state index in [-0.39, 0.29) is 24.0 Å². The Hall–Kier alpha value is -1.33. The zero-order valence-electron chi connectivity index (χ0n) is 10.8. The van der Waals surface area contributed by atoms with Crippen LogP contribution in [0, 0.1) is 0 Å². The van der Waals surface area contributed by atoms with Gasteiger partial charge < -0.3 is 15.4 Å². The van der Waals surface area contributed by atoms with Crippen LogP contribution in [0.5, 0.6) is 0 Å². The van der Waals surface area contributed by atoms with Crippen molar-refractivity contribution >= 4 is 25.3 Å². The van der Waals surface area contributed by atoms with Crippen molar-refractivity contribution in [2.24, 2.45) is 0 Å². The summed E-state index contributed by atoms with van der Waals surface area (Å²) in [6, 6.07) is -0.500. The van der Waals surface area contributed by atoms with Crippen LogP contribution in [0.4, 0.5) is 0 Å². The number of hydrogen-bond donors (Lipinski definition) is 2. The summed E-state index contributed by atoms with van der Waals surface area (Å²) in [6.07, 6.45) is 3.36. The van der Waals surface area contributed by atoms with Crippen molar-refractivity contribution in [1.29, 1.82) is 0 Å². The van der Waals surface area contributed by atoms with Gasteiger partial charge in [-0.25, -0.2) is 0 Å². The predicted molar refractivity (Wildman–Crippen MR) is 68.3 cm³/mol. The van der Waals surface area contributed by atoms with Crippen LogP contribution in [-0.4, -0.2) is 37.9 Å². The van der Waals surface area contributed by atoms with Gasteiger partial charge >= 0.3 is 0 Å². The Balaban J connectivity index is 3.69. The number of carbonyl (C=O) groups excluding carboxylic acids is 3. The number of rotatable bonds is 8. The topological polar surface area (TPSA) is 75.3 Å². The molecular weight excluding hydrogens is 219 g/mol. The summed E-state index contributed by atoms with van der Waals surface area (Å²) in [4.78, 5) is 33.5. The van der Waals surface area contributed by atoms with Gasteiger partial charge in [-0.1, -0.05) is 19.8 Å². The molecule has 0 heterocycles. The third kappa shape index (κ3) is 8.48. The molecule has 0 saturated carbocycles. The molecule has 5 nitrogen and oxygen atoms in total. The van der Waals surface area contributed by atoms with E-state index in [1.54, 1.807) is 6.92 Å². The monoisotopic (exact) mass is 240 g/mol. The molecule has 0 aliphatic carbocycles. The van der Waals surface area contributed by atoms with Crippen molar-refractivity contribution in [3.63, 3.8) is 0 Å². The Morgan fingerprint density at radius 1 is 1.18 bits per heavy atom. The van der Waals surface area contributed by atoms with Crippen molar-refractivity contribution < 1.29 is 14.4 Å². The second kappa shape index (κ2) is 8.78. The van der Waals surface area contributed by atoms with Gasteiger partial charge in [-0.15, -0.1) is 0 Å². The fraction of sp³-hybridized carbons (Fsp3) is 0.727. The number of nitrogens with one attached hydrogen (secondary N) is 2. The standard InChI is InChI=1S/C11H21BN2O3/c1-3-4-5-6-9(15)13-7-10(16)14-8(2)11(12)17/h8H,3-7,12H2,1-2H3,(H,13,15)(H,14,16). The van der Waals surface area contributed by atoms with Crippen LogP contribution < -0.4 is 10.6 Å². The molecule has 0 fully saturated rings. The Kier molecular flexibility index (Phi) is 8.10. The fourth-order valence-electron chi connectivity index (χ4n) is 1.20. The molecule has 0 bridgehead atoms. The van der Waals surface area contributed by atoms with Gasteiger partial charge in [0.2, 0.25) is 11.8 Å². The van der Waals surface area contributed by atoms with Crippen LogP contribution >= 0.6 is 0 Å². The maximum Gasteiger partial charge on any atom is 0.239 e. The molecule has 0 saturated heterocycles. The summed E-state index contributed by atoms with van der Waals surface area (Å²) in [7, 11) is 1.41. The maximum atomic E-state index is 11.3. The van der Waals surface area contributed by atoms with E-state index in [1.165, 1.54) is 7.85 Å². The summed E-state index contributed by atoms with van der Waals surface area (Å²) in [5.74, 6) is -0.458. The lowest BCUT2D eigenvalue weighted by molar-refractivity contribution is -0.127. The SMILES string of the molecule is BC(=O)C(C)NC(=O)CNC(=O)CCCCC. The minimum atomic E-state index is -0.500. The number of amides is 2. The molecule has 0 spiro atoms. The zero-order chi connectivity index (χ0) is 13.3. The first kappa shape index (κ1) is 15.7. The Bertz CT molecular complexity index is 282. The second-order valence-electron chi connectivity index (χ2n) is 4.13. The van der Waals surface area contributed by atoms with E-state index in [9.17, 15) is 14.4 Å². The molecule has 6 heteroatoms. The minimum absolute atomic E-state index is 0.0669. The second-order valence-corrected chi connectivity index (χ2v) is 4.13. The van der Waals surface area contributed by atoms with Gasteiger partial charge in [0.15, 0.2) is 7.85 Å². The molecular formula is C11H21BN2O3. The first-order chi connectivity index (χ1) is 7.97. The van der Waals surface area contributed by atoms with Crippen LogP contribution in [0.15, 0.2) is 0 Å². The quantitative estimate of drug-likeness (QED) is 0.437. The average molecular weight is 240 g/mol. The lowest BCUT2D eigenvalue weighted by Crippen LogP contribution is -2.44. The van der Waals surface area contributed by atoms with Crippen molar-refractivity contribution in [3.05, 3.63) is 0 Å². The van der Waals surface area contributed by atoms with E-state index in [0.29, 0.717) is 6.42 Å². The lowest BCUT2D eigenvalue weighted by atomic mass is 9.96. The van der Waals surface area contributed by atoms with Crippen molar-refractivity contribution in [3.8, 4) is 0 Å². The van der Waals surface area contributed by atoms with Crippen molar-refractivity contribution in [2.75, 3.05) is 6.54 Å². The highest BCUT2D eigenvalue weighted by atomic mass is 16.2. The van der Waals surface area contributed by atoms with Gasteiger partial charge in [-0.2, -0.15) is 0 Å². The molecule has 1 unspecified atom stereocenters. The highest BCUT2D eigenvalue weighted by Gasteiger charge is 2.11. The molecule has 0 rings (SSSR count). The highest BCUT2D eigenvalue weighted by Crippen LogP contribution is 1.97. The fourth-order valence-corrected chi connectivity index (χ4v) is 1.20. The Morgan fingerprint density at radius 2 is 1.82 bits per heavy atom. The average Bonchev–Trinajstić information content (AvgIpc) is 2.26. The first-order valence-electron chi connectivity index (χ1n) is 6.03. The van der Waals surface area contributed by atoms with E-state index in [0.717, 1.165) is 19.3 Å². The first-order valence-corrected chi connectivity index (χ1v) is 6.03. The molecule has 1 atom stereocenters. The van der Waals surface area contributed by atoms with E-state index in [4.69, 9.17) is 0 Å². The normalized spacial score (nSPS) is 11.6. The smallest absolute Gasteiger partial charge is 0.239 e. The molecule has 0 aromatic heterocycles. The molecule has 0 aromatic carbocycles. The molecule has 2 N–H and O–H groups in total. The third-order valence-electron chi connectivity index (χ3n) is 2.44. The van der Waals surface area contributed by atoms with Crippen LogP contribution in [0.25, 0.3) is 0 Å². The molecule has 2 amide bonds.